The summed E-state index contributed by atoms with van der Waals surface area (Å²) in [7, 11) is 0. The molecule has 7 nitrogen and oxygen atoms in total. The first-order chi connectivity index (χ1) is 13.9. The summed E-state index contributed by atoms with van der Waals surface area (Å²) in [5.41, 5.74) is -0.00113. The molecule has 0 radical (unpaired) electrons. The van der Waals surface area contributed by atoms with Crippen molar-refractivity contribution in [2.75, 3.05) is 38.0 Å². The maximum Gasteiger partial charge on any atom is 0.240 e. The molecule has 1 saturated heterocycles. The molecule has 1 aliphatic heterocycles. The van der Waals surface area contributed by atoms with Crippen molar-refractivity contribution in [1.82, 2.24) is 15.0 Å². The van der Waals surface area contributed by atoms with Crippen molar-refractivity contribution in [3.8, 4) is 0 Å². The lowest BCUT2D eigenvalue weighted by Crippen LogP contribution is -2.54. The third kappa shape index (κ3) is 5.32. The summed E-state index contributed by atoms with van der Waals surface area (Å²) in [5, 5.41) is 6.42. The summed E-state index contributed by atoms with van der Waals surface area (Å²) >= 11 is 0. The Bertz CT molecular complexity index is 865. The summed E-state index contributed by atoms with van der Waals surface area (Å²) in [6, 6.07) is 11.8. The normalized spacial score (nSPS) is 15.6. The Labute approximate surface area is 171 Å². The molecule has 1 N–H and O–H groups in total. The topological polar surface area (TPSA) is 78.7 Å². The number of amides is 2. The van der Waals surface area contributed by atoms with Crippen LogP contribution in [0.4, 0.5) is 5.82 Å². The summed E-state index contributed by atoms with van der Waals surface area (Å²) in [6.07, 6.45) is 4.25. The number of hydrogen-bond acceptors (Lipinski definition) is 5. The largest absolute Gasteiger partial charge is 0.360 e. The van der Waals surface area contributed by atoms with Crippen molar-refractivity contribution in [2.45, 2.75) is 20.8 Å². The zero-order valence-electron chi connectivity index (χ0n) is 17.2. The Kier molecular flexibility index (Phi) is 6.49. The van der Waals surface area contributed by atoms with Crippen molar-refractivity contribution in [3.05, 3.63) is 53.8 Å². The van der Waals surface area contributed by atoms with Gasteiger partial charge in [0, 0.05) is 38.8 Å². The van der Waals surface area contributed by atoms with Crippen LogP contribution in [0, 0.1) is 12.3 Å². The van der Waals surface area contributed by atoms with E-state index >= 15 is 0 Å². The van der Waals surface area contributed by atoms with E-state index in [0.29, 0.717) is 24.7 Å². The molecule has 1 aromatic heterocycles. The molecule has 0 bridgehead atoms. The minimum absolute atomic E-state index is 0.172. The number of rotatable bonds is 6. The van der Waals surface area contributed by atoms with Gasteiger partial charge in [0.1, 0.15) is 11.2 Å². The monoisotopic (exact) mass is 396 g/mol. The average molecular weight is 396 g/mol. The van der Waals surface area contributed by atoms with E-state index in [1.807, 2.05) is 18.2 Å². The number of carbonyl (C=O) groups is 2. The molecular formula is C22H28N4O3. The maximum absolute atomic E-state index is 13.0. The summed E-state index contributed by atoms with van der Waals surface area (Å²) in [5.74, 6) is 0.365. The van der Waals surface area contributed by atoms with Crippen LogP contribution in [0.15, 0.2) is 47.0 Å². The highest BCUT2D eigenvalue weighted by Crippen LogP contribution is 2.23. The highest BCUT2D eigenvalue weighted by molar-refractivity contribution is 6.09. The van der Waals surface area contributed by atoms with Gasteiger partial charge in [-0.05, 0) is 26.3 Å². The first-order valence-electron chi connectivity index (χ1n) is 9.84. The molecule has 1 fully saturated rings. The van der Waals surface area contributed by atoms with Crippen molar-refractivity contribution in [2.24, 2.45) is 5.41 Å². The predicted octanol–water partition coefficient (Wildman–Crippen LogP) is 2.81. The number of aromatic nitrogens is 1. The molecule has 2 amide bonds. The van der Waals surface area contributed by atoms with E-state index in [9.17, 15) is 9.59 Å². The fourth-order valence-corrected chi connectivity index (χ4v) is 3.23. The van der Waals surface area contributed by atoms with Crippen molar-refractivity contribution < 1.29 is 14.1 Å². The van der Waals surface area contributed by atoms with Gasteiger partial charge in [0.25, 0.3) is 0 Å². The summed E-state index contributed by atoms with van der Waals surface area (Å²) in [6.45, 7) is 8.66. The zero-order chi connectivity index (χ0) is 20.9. The van der Waals surface area contributed by atoms with Gasteiger partial charge < -0.3 is 14.7 Å². The third-order valence-corrected chi connectivity index (χ3v) is 5.10. The van der Waals surface area contributed by atoms with E-state index in [2.05, 4.69) is 39.7 Å². The van der Waals surface area contributed by atoms with Crippen LogP contribution in [0.2, 0.25) is 0 Å². The SMILES string of the molecule is Cc1cc(NC(=O)C(C)(C)C(=O)N2CCN(C/C=C/c3ccccc3)CC2)no1. The van der Waals surface area contributed by atoms with Crippen LogP contribution in [-0.2, 0) is 9.59 Å². The highest BCUT2D eigenvalue weighted by atomic mass is 16.5. The van der Waals surface area contributed by atoms with Gasteiger partial charge in [-0.3, -0.25) is 14.5 Å². The molecule has 1 aromatic carbocycles. The van der Waals surface area contributed by atoms with E-state index < -0.39 is 5.41 Å². The predicted molar refractivity (Wildman–Crippen MR) is 112 cm³/mol. The maximum atomic E-state index is 13.0. The Morgan fingerprint density at radius 1 is 1.17 bits per heavy atom. The van der Waals surface area contributed by atoms with Crippen molar-refractivity contribution in [1.29, 1.82) is 0 Å². The van der Waals surface area contributed by atoms with Crippen molar-refractivity contribution in [3.63, 3.8) is 0 Å². The van der Waals surface area contributed by atoms with Gasteiger partial charge in [-0.1, -0.05) is 47.6 Å². The lowest BCUT2D eigenvalue weighted by atomic mass is 9.90. The molecule has 0 saturated carbocycles. The molecule has 0 spiro atoms. The number of carbonyl (C=O) groups excluding carboxylic acids is 2. The fourth-order valence-electron chi connectivity index (χ4n) is 3.23. The quantitative estimate of drug-likeness (QED) is 0.760. The molecular weight excluding hydrogens is 368 g/mol. The van der Waals surface area contributed by atoms with E-state index in [0.717, 1.165) is 19.6 Å². The standard InChI is InChI=1S/C22H28N4O3/c1-17-16-19(24-29-17)23-20(27)22(2,3)21(28)26-14-12-25(13-15-26)11-7-10-18-8-5-4-6-9-18/h4-10,16H,11-15H2,1-3H3,(H,23,24,27)/b10-7+. The Morgan fingerprint density at radius 3 is 2.48 bits per heavy atom. The van der Waals surface area contributed by atoms with Gasteiger partial charge in [-0.15, -0.1) is 0 Å². The first kappa shape index (κ1) is 20.8. The lowest BCUT2D eigenvalue weighted by molar-refractivity contribution is -0.147. The molecule has 0 atom stereocenters. The Hall–Kier alpha value is -2.93. The molecule has 0 unspecified atom stereocenters. The highest BCUT2D eigenvalue weighted by Gasteiger charge is 2.40. The van der Waals surface area contributed by atoms with E-state index in [1.165, 1.54) is 5.56 Å². The fraction of sp³-hybridized carbons (Fsp3) is 0.409. The van der Waals surface area contributed by atoms with Gasteiger partial charge >= 0.3 is 0 Å². The van der Waals surface area contributed by atoms with Crippen LogP contribution in [-0.4, -0.2) is 59.5 Å². The number of nitrogens with one attached hydrogen (secondary N) is 1. The summed E-state index contributed by atoms with van der Waals surface area (Å²) in [4.78, 5) is 29.6. The Balaban J connectivity index is 1.49. The van der Waals surface area contributed by atoms with Gasteiger partial charge in [-0.25, -0.2) is 0 Å². The van der Waals surface area contributed by atoms with E-state index in [4.69, 9.17) is 4.52 Å². The number of hydrogen-bond donors (Lipinski definition) is 1. The third-order valence-electron chi connectivity index (χ3n) is 5.10. The molecule has 7 heteroatoms. The van der Waals surface area contributed by atoms with E-state index in [1.54, 1.807) is 31.7 Å². The first-order valence-corrected chi connectivity index (χ1v) is 9.84. The van der Waals surface area contributed by atoms with Crippen LogP contribution < -0.4 is 5.32 Å². The number of nitrogens with zero attached hydrogens (tertiary/aromatic N) is 3. The molecule has 29 heavy (non-hydrogen) atoms. The second-order valence-corrected chi connectivity index (χ2v) is 7.81. The van der Waals surface area contributed by atoms with Gasteiger partial charge in [0.05, 0.1) is 0 Å². The van der Waals surface area contributed by atoms with Crippen LogP contribution in [0.3, 0.4) is 0 Å². The van der Waals surface area contributed by atoms with Crippen LogP contribution >= 0.6 is 0 Å². The van der Waals surface area contributed by atoms with Crippen LogP contribution in [0.5, 0.6) is 0 Å². The van der Waals surface area contributed by atoms with Crippen LogP contribution in [0.25, 0.3) is 6.08 Å². The smallest absolute Gasteiger partial charge is 0.240 e. The van der Waals surface area contributed by atoms with Crippen molar-refractivity contribution >= 4 is 23.7 Å². The average Bonchev–Trinajstić information content (AvgIpc) is 3.13. The minimum Gasteiger partial charge on any atom is -0.360 e. The van der Waals surface area contributed by atoms with Gasteiger partial charge in [-0.2, -0.15) is 0 Å². The zero-order valence-corrected chi connectivity index (χ0v) is 17.2. The van der Waals surface area contributed by atoms with E-state index in [-0.39, 0.29) is 11.8 Å². The molecule has 0 aliphatic carbocycles. The summed E-state index contributed by atoms with van der Waals surface area (Å²) < 4.78 is 4.96. The molecule has 154 valence electrons. The second kappa shape index (κ2) is 9.05. The molecule has 1 aliphatic rings. The number of aryl methyl sites for hydroxylation is 1. The number of benzene rings is 1. The molecule has 2 heterocycles. The lowest BCUT2D eigenvalue weighted by Gasteiger charge is -2.37. The number of piperazine rings is 1. The van der Waals surface area contributed by atoms with Gasteiger partial charge in [0.15, 0.2) is 5.82 Å². The minimum atomic E-state index is -1.18. The van der Waals surface area contributed by atoms with Gasteiger partial charge in [0.2, 0.25) is 11.8 Å². The van der Waals surface area contributed by atoms with Crippen LogP contribution in [0.1, 0.15) is 25.2 Å². The molecule has 2 aromatic rings. The number of anilines is 1. The second-order valence-electron chi connectivity index (χ2n) is 7.81. The Morgan fingerprint density at radius 2 is 1.86 bits per heavy atom. The molecule has 3 rings (SSSR count).